The van der Waals surface area contributed by atoms with Crippen molar-refractivity contribution in [1.82, 2.24) is 9.80 Å². The second-order valence-electron chi connectivity index (χ2n) is 6.68. The summed E-state index contributed by atoms with van der Waals surface area (Å²) >= 11 is 0. The second kappa shape index (κ2) is 6.97. The van der Waals surface area contributed by atoms with Crippen LogP contribution in [0.5, 0.6) is 0 Å². The van der Waals surface area contributed by atoms with Crippen LogP contribution < -0.4 is 5.73 Å². The lowest BCUT2D eigenvalue weighted by atomic mass is 9.85. The lowest BCUT2D eigenvalue weighted by Crippen LogP contribution is -2.56. The Kier molecular flexibility index (Phi) is 5.41. The molecular formula is C15H24F3N3O2. The highest BCUT2D eigenvalue weighted by Gasteiger charge is 2.44. The van der Waals surface area contributed by atoms with Crippen LogP contribution in [0, 0.1) is 5.92 Å². The predicted molar refractivity (Wildman–Crippen MR) is 78.5 cm³/mol. The Morgan fingerprint density at radius 3 is 1.91 bits per heavy atom. The van der Waals surface area contributed by atoms with Crippen molar-refractivity contribution in [2.24, 2.45) is 11.7 Å². The molecule has 0 radical (unpaired) electrons. The smallest absolute Gasteiger partial charge is 0.351 e. The molecule has 2 rings (SSSR count). The summed E-state index contributed by atoms with van der Waals surface area (Å²) < 4.78 is 37.4. The summed E-state index contributed by atoms with van der Waals surface area (Å²) in [5.41, 5.74) is 5.52. The quantitative estimate of drug-likeness (QED) is 0.842. The van der Waals surface area contributed by atoms with Crippen molar-refractivity contribution in [1.29, 1.82) is 0 Å². The summed E-state index contributed by atoms with van der Waals surface area (Å²) in [6, 6.07) is -0.619. The molecule has 1 aliphatic carbocycles. The minimum Gasteiger partial charge on any atom is -0.351 e. The van der Waals surface area contributed by atoms with Crippen molar-refractivity contribution >= 4 is 11.9 Å². The van der Waals surface area contributed by atoms with E-state index >= 15 is 0 Å². The highest BCUT2D eigenvalue weighted by Crippen LogP contribution is 2.31. The molecule has 2 aliphatic rings. The van der Waals surface area contributed by atoms with E-state index in [0.29, 0.717) is 18.8 Å². The molecule has 23 heavy (non-hydrogen) atoms. The van der Waals surface area contributed by atoms with E-state index < -0.39 is 18.1 Å². The number of nitrogens with zero attached hydrogens (tertiary/aromatic N) is 2. The number of likely N-dealkylation sites (tertiary alicyclic amines) is 1. The predicted octanol–water partition coefficient (Wildman–Crippen LogP) is 2.50. The van der Waals surface area contributed by atoms with Crippen molar-refractivity contribution in [2.45, 2.75) is 63.7 Å². The molecule has 1 aliphatic heterocycles. The summed E-state index contributed by atoms with van der Waals surface area (Å²) in [7, 11) is 0. The number of hydrogen-bond acceptors (Lipinski definition) is 2. The Balaban J connectivity index is 1.96. The first-order valence-electron chi connectivity index (χ1n) is 8.14. The Bertz CT molecular complexity index is 440. The molecule has 0 aromatic carbocycles. The van der Waals surface area contributed by atoms with Crippen LogP contribution in [-0.2, 0) is 4.79 Å². The third kappa shape index (κ3) is 4.29. The normalized spacial score (nSPS) is 26.9. The molecule has 2 fully saturated rings. The summed E-state index contributed by atoms with van der Waals surface area (Å²) in [5, 5.41) is 0. The zero-order valence-electron chi connectivity index (χ0n) is 13.3. The van der Waals surface area contributed by atoms with E-state index in [1.807, 2.05) is 0 Å². The fourth-order valence-electron chi connectivity index (χ4n) is 3.71. The van der Waals surface area contributed by atoms with E-state index in [1.165, 1.54) is 0 Å². The fourth-order valence-corrected chi connectivity index (χ4v) is 3.71. The molecule has 8 heteroatoms. The molecule has 3 amide bonds. The van der Waals surface area contributed by atoms with Gasteiger partial charge in [0, 0.05) is 25.2 Å². The lowest BCUT2D eigenvalue weighted by molar-refractivity contribution is -0.186. The maximum Gasteiger partial charge on any atom is 0.471 e. The summed E-state index contributed by atoms with van der Waals surface area (Å²) in [6.45, 7) is 2.19. The van der Waals surface area contributed by atoms with Crippen LogP contribution in [0.1, 0.15) is 45.4 Å². The van der Waals surface area contributed by atoms with Gasteiger partial charge >= 0.3 is 18.1 Å². The van der Waals surface area contributed by atoms with Gasteiger partial charge in [-0.2, -0.15) is 13.2 Å². The maximum atomic E-state index is 12.5. The summed E-state index contributed by atoms with van der Waals surface area (Å²) in [6.07, 6.45) is -0.333. The first-order valence-corrected chi connectivity index (χ1v) is 8.14. The fraction of sp³-hybridized carbons (Fsp3) is 0.867. The number of hydrogen-bond donors (Lipinski definition) is 1. The van der Waals surface area contributed by atoms with Gasteiger partial charge < -0.3 is 15.5 Å². The molecule has 0 bridgehead atoms. The van der Waals surface area contributed by atoms with E-state index in [-0.39, 0.29) is 25.2 Å². The van der Waals surface area contributed by atoms with Gasteiger partial charge in [-0.05, 0) is 44.4 Å². The highest BCUT2D eigenvalue weighted by atomic mass is 19.4. The number of alkyl halides is 3. The Morgan fingerprint density at radius 1 is 1.00 bits per heavy atom. The molecule has 1 heterocycles. The SMILES string of the molecule is C[C@H]1CC[C@H](N(C(N)=O)C2CCN(C(=O)C(F)(F)F)CC2)CC1. The number of piperidine rings is 1. The Morgan fingerprint density at radius 2 is 1.48 bits per heavy atom. The van der Waals surface area contributed by atoms with Crippen molar-refractivity contribution in [3.63, 3.8) is 0 Å². The van der Waals surface area contributed by atoms with E-state index in [2.05, 4.69) is 6.92 Å². The number of urea groups is 1. The average Bonchev–Trinajstić information content (AvgIpc) is 2.48. The minimum absolute atomic E-state index is 0.00983. The van der Waals surface area contributed by atoms with Crippen molar-refractivity contribution in [3.05, 3.63) is 0 Å². The molecule has 132 valence electrons. The van der Waals surface area contributed by atoms with Crippen LogP contribution in [0.4, 0.5) is 18.0 Å². The first kappa shape index (κ1) is 17.9. The van der Waals surface area contributed by atoms with Crippen molar-refractivity contribution in [2.75, 3.05) is 13.1 Å². The van der Waals surface area contributed by atoms with Crippen molar-refractivity contribution < 1.29 is 22.8 Å². The molecular weight excluding hydrogens is 311 g/mol. The number of primary amides is 1. The van der Waals surface area contributed by atoms with Crippen LogP contribution in [0.2, 0.25) is 0 Å². The number of halogens is 3. The van der Waals surface area contributed by atoms with Crippen LogP contribution in [0.3, 0.4) is 0 Å². The molecule has 1 saturated carbocycles. The third-order valence-electron chi connectivity index (χ3n) is 5.02. The van der Waals surface area contributed by atoms with E-state index in [9.17, 15) is 22.8 Å². The lowest BCUT2D eigenvalue weighted by Gasteiger charge is -2.43. The standard InChI is InChI=1S/C15H24F3N3O2/c1-10-2-4-11(5-3-10)21(14(19)23)12-6-8-20(9-7-12)13(22)15(16,17)18/h10-12H,2-9H2,1H3,(H2,19,23)/t10-,11-. The Labute approximate surface area is 134 Å². The van der Waals surface area contributed by atoms with Gasteiger partial charge in [0.15, 0.2) is 0 Å². The number of nitrogens with two attached hydrogens (primary N) is 1. The monoisotopic (exact) mass is 335 g/mol. The average molecular weight is 335 g/mol. The highest BCUT2D eigenvalue weighted by molar-refractivity contribution is 5.82. The molecule has 0 atom stereocenters. The van der Waals surface area contributed by atoms with E-state index in [4.69, 9.17) is 5.73 Å². The van der Waals surface area contributed by atoms with Gasteiger partial charge in [-0.25, -0.2) is 4.79 Å². The van der Waals surface area contributed by atoms with Gasteiger partial charge in [-0.3, -0.25) is 4.79 Å². The van der Waals surface area contributed by atoms with Crippen LogP contribution in [0.15, 0.2) is 0 Å². The molecule has 0 aromatic heterocycles. The zero-order chi connectivity index (χ0) is 17.2. The number of carbonyl (C=O) groups is 2. The topological polar surface area (TPSA) is 66.6 Å². The van der Waals surface area contributed by atoms with Crippen LogP contribution in [-0.4, -0.2) is 53.1 Å². The van der Waals surface area contributed by atoms with Crippen LogP contribution >= 0.6 is 0 Å². The third-order valence-corrected chi connectivity index (χ3v) is 5.02. The van der Waals surface area contributed by atoms with E-state index in [0.717, 1.165) is 30.6 Å². The van der Waals surface area contributed by atoms with Gasteiger partial charge in [0.25, 0.3) is 0 Å². The Hall–Kier alpha value is -1.47. The molecule has 0 unspecified atom stereocenters. The van der Waals surface area contributed by atoms with Gasteiger partial charge in [-0.15, -0.1) is 0 Å². The largest absolute Gasteiger partial charge is 0.471 e. The maximum absolute atomic E-state index is 12.5. The van der Waals surface area contributed by atoms with Gasteiger partial charge in [0.1, 0.15) is 0 Å². The van der Waals surface area contributed by atoms with Crippen LogP contribution in [0.25, 0.3) is 0 Å². The summed E-state index contributed by atoms with van der Waals surface area (Å²) in [5.74, 6) is -1.17. The van der Waals surface area contributed by atoms with Gasteiger partial charge in [-0.1, -0.05) is 6.92 Å². The summed E-state index contributed by atoms with van der Waals surface area (Å²) in [4.78, 5) is 25.6. The minimum atomic E-state index is -4.84. The molecule has 0 spiro atoms. The molecule has 2 N–H and O–H groups in total. The zero-order valence-corrected chi connectivity index (χ0v) is 13.3. The second-order valence-corrected chi connectivity index (χ2v) is 6.68. The molecule has 1 saturated heterocycles. The molecule has 5 nitrogen and oxygen atoms in total. The van der Waals surface area contributed by atoms with Crippen molar-refractivity contribution in [3.8, 4) is 0 Å². The molecule has 0 aromatic rings. The first-order chi connectivity index (χ1) is 10.7. The number of carbonyl (C=O) groups excluding carboxylic acids is 2. The van der Waals surface area contributed by atoms with Gasteiger partial charge in [0.2, 0.25) is 0 Å². The number of rotatable bonds is 2. The van der Waals surface area contributed by atoms with Gasteiger partial charge in [0.05, 0.1) is 0 Å². The number of amides is 3. The van der Waals surface area contributed by atoms with E-state index in [1.54, 1.807) is 4.90 Å².